The van der Waals surface area contributed by atoms with Crippen molar-refractivity contribution in [3.05, 3.63) is 29.8 Å². The number of aliphatic hydroxyl groups is 2. The van der Waals surface area contributed by atoms with Crippen LogP contribution in [0.3, 0.4) is 0 Å². The fourth-order valence-corrected chi connectivity index (χ4v) is 3.50. The summed E-state index contributed by atoms with van der Waals surface area (Å²) in [5.74, 6) is 0.239. The molecule has 0 amide bonds. The number of phenols is 1. The molecule has 4 atom stereocenters. The van der Waals surface area contributed by atoms with E-state index in [1.807, 2.05) is 12.1 Å². The SMILES string of the molecule is O=S(=O)(O)O[C@@H]1[C@H](O)C[C@@H](O)C[C@H]1OCCCCc1ccccc1O. The zero-order valence-corrected chi connectivity index (χ0v) is 14.5. The molecule has 0 aromatic heterocycles. The minimum absolute atomic E-state index is 0.0483. The number of hydrogen-bond donors (Lipinski definition) is 4. The lowest BCUT2D eigenvalue weighted by Gasteiger charge is -2.36. The summed E-state index contributed by atoms with van der Waals surface area (Å²) in [5, 5.41) is 29.3. The zero-order chi connectivity index (χ0) is 18.4. The van der Waals surface area contributed by atoms with E-state index in [4.69, 9.17) is 9.29 Å². The third kappa shape index (κ3) is 6.53. The Labute approximate surface area is 147 Å². The van der Waals surface area contributed by atoms with Gasteiger partial charge in [0, 0.05) is 19.4 Å². The monoisotopic (exact) mass is 376 g/mol. The molecule has 142 valence electrons. The first-order valence-corrected chi connectivity index (χ1v) is 9.53. The van der Waals surface area contributed by atoms with Crippen molar-refractivity contribution in [2.75, 3.05) is 6.61 Å². The fourth-order valence-electron chi connectivity index (χ4n) is 2.96. The van der Waals surface area contributed by atoms with Gasteiger partial charge in [-0.15, -0.1) is 0 Å². The Bertz CT molecular complexity index is 647. The van der Waals surface area contributed by atoms with Gasteiger partial charge in [-0.1, -0.05) is 18.2 Å². The molecular weight excluding hydrogens is 352 g/mol. The minimum atomic E-state index is -4.73. The first kappa shape index (κ1) is 20.1. The number of aryl methyl sites for hydroxylation is 1. The van der Waals surface area contributed by atoms with Crippen LogP contribution in [0, 0.1) is 0 Å². The summed E-state index contributed by atoms with van der Waals surface area (Å²) in [4.78, 5) is 0. The van der Waals surface area contributed by atoms with Crippen LogP contribution in [-0.2, 0) is 25.7 Å². The molecule has 0 spiro atoms. The summed E-state index contributed by atoms with van der Waals surface area (Å²) in [6.45, 7) is 0.267. The molecule has 25 heavy (non-hydrogen) atoms. The van der Waals surface area contributed by atoms with Gasteiger partial charge >= 0.3 is 10.4 Å². The fraction of sp³-hybridized carbons (Fsp3) is 0.625. The number of ether oxygens (including phenoxy) is 1. The molecule has 0 aliphatic heterocycles. The summed E-state index contributed by atoms with van der Waals surface area (Å²) >= 11 is 0. The molecule has 0 unspecified atom stereocenters. The van der Waals surface area contributed by atoms with Gasteiger partial charge in [0.2, 0.25) is 0 Å². The molecule has 1 aromatic carbocycles. The van der Waals surface area contributed by atoms with Gasteiger partial charge in [-0.2, -0.15) is 8.42 Å². The number of aliphatic hydroxyl groups excluding tert-OH is 2. The van der Waals surface area contributed by atoms with Crippen molar-refractivity contribution in [2.45, 2.75) is 56.5 Å². The Morgan fingerprint density at radius 3 is 2.52 bits per heavy atom. The van der Waals surface area contributed by atoms with Crippen LogP contribution in [-0.4, -0.2) is 59.3 Å². The number of aromatic hydroxyl groups is 1. The number of rotatable bonds is 8. The molecule has 1 fully saturated rings. The average Bonchev–Trinajstić information content (AvgIpc) is 2.51. The van der Waals surface area contributed by atoms with Crippen molar-refractivity contribution >= 4 is 10.4 Å². The van der Waals surface area contributed by atoms with E-state index < -0.39 is 34.8 Å². The van der Waals surface area contributed by atoms with E-state index in [1.165, 1.54) is 0 Å². The highest BCUT2D eigenvalue weighted by molar-refractivity contribution is 7.80. The van der Waals surface area contributed by atoms with Gasteiger partial charge in [-0.3, -0.25) is 4.55 Å². The van der Waals surface area contributed by atoms with Crippen LogP contribution in [0.4, 0.5) is 0 Å². The van der Waals surface area contributed by atoms with Crippen molar-refractivity contribution in [3.8, 4) is 5.75 Å². The topological polar surface area (TPSA) is 134 Å². The zero-order valence-electron chi connectivity index (χ0n) is 13.7. The average molecular weight is 376 g/mol. The Kier molecular flexibility index (Phi) is 7.17. The summed E-state index contributed by atoms with van der Waals surface area (Å²) in [5.41, 5.74) is 0.832. The lowest BCUT2D eigenvalue weighted by Crippen LogP contribution is -2.49. The lowest BCUT2D eigenvalue weighted by molar-refractivity contribution is -0.130. The number of phenolic OH excluding ortho intramolecular Hbond substituents is 1. The van der Waals surface area contributed by atoms with Crippen LogP contribution in [0.15, 0.2) is 24.3 Å². The molecule has 2 rings (SSSR count). The maximum Gasteiger partial charge on any atom is 0.397 e. The summed E-state index contributed by atoms with van der Waals surface area (Å²) in [7, 11) is -4.73. The first-order chi connectivity index (χ1) is 11.8. The van der Waals surface area contributed by atoms with Gasteiger partial charge < -0.3 is 20.1 Å². The van der Waals surface area contributed by atoms with E-state index in [1.54, 1.807) is 12.1 Å². The Morgan fingerprint density at radius 1 is 1.12 bits per heavy atom. The molecule has 0 radical (unpaired) electrons. The van der Waals surface area contributed by atoms with Gasteiger partial charge in [-0.25, -0.2) is 4.18 Å². The molecule has 0 heterocycles. The molecule has 1 saturated carbocycles. The third-order valence-electron chi connectivity index (χ3n) is 4.16. The number of hydrogen-bond acceptors (Lipinski definition) is 7. The maximum atomic E-state index is 10.9. The molecule has 1 aliphatic carbocycles. The highest BCUT2D eigenvalue weighted by Gasteiger charge is 2.40. The second kappa shape index (κ2) is 8.93. The summed E-state index contributed by atoms with van der Waals surface area (Å²) < 4.78 is 40.7. The van der Waals surface area contributed by atoms with E-state index >= 15 is 0 Å². The largest absolute Gasteiger partial charge is 0.508 e. The molecule has 0 saturated heterocycles. The number of unbranched alkanes of at least 4 members (excludes halogenated alkanes) is 1. The van der Waals surface area contributed by atoms with E-state index in [0.29, 0.717) is 12.8 Å². The quantitative estimate of drug-likeness (QED) is 0.387. The Balaban J connectivity index is 1.81. The molecule has 1 aromatic rings. The van der Waals surface area contributed by atoms with Crippen molar-refractivity contribution in [1.82, 2.24) is 0 Å². The van der Waals surface area contributed by atoms with Crippen molar-refractivity contribution < 1.29 is 37.2 Å². The molecule has 0 bridgehead atoms. The maximum absolute atomic E-state index is 10.9. The summed E-state index contributed by atoms with van der Waals surface area (Å²) in [6.07, 6.45) is -2.09. The van der Waals surface area contributed by atoms with Crippen molar-refractivity contribution in [2.24, 2.45) is 0 Å². The van der Waals surface area contributed by atoms with E-state index in [0.717, 1.165) is 12.0 Å². The standard InChI is InChI=1S/C16H24O8S/c17-12-9-14(19)16(24-25(20,21)22)15(10-12)23-8-4-3-6-11-5-1-2-7-13(11)18/h1-2,5,7,12,14-19H,3-4,6,8-10H2,(H,20,21,22)/t12-,14-,15-,16-/m1/s1. The number of para-hydroxylation sites is 1. The van der Waals surface area contributed by atoms with Crippen molar-refractivity contribution in [3.63, 3.8) is 0 Å². The smallest absolute Gasteiger partial charge is 0.397 e. The van der Waals surface area contributed by atoms with Crippen LogP contribution >= 0.6 is 0 Å². The van der Waals surface area contributed by atoms with Crippen LogP contribution < -0.4 is 0 Å². The van der Waals surface area contributed by atoms with Gasteiger partial charge in [-0.05, 0) is 30.9 Å². The van der Waals surface area contributed by atoms with Crippen LogP contribution in [0.25, 0.3) is 0 Å². The Hall–Kier alpha value is -1.23. The lowest BCUT2D eigenvalue weighted by atomic mass is 9.90. The third-order valence-corrected chi connectivity index (χ3v) is 4.63. The molecule has 1 aliphatic rings. The van der Waals surface area contributed by atoms with E-state index in [2.05, 4.69) is 4.18 Å². The molecular formula is C16H24O8S. The van der Waals surface area contributed by atoms with Crippen LogP contribution in [0.5, 0.6) is 5.75 Å². The second-order valence-corrected chi connectivity index (χ2v) is 7.22. The van der Waals surface area contributed by atoms with E-state index in [-0.39, 0.29) is 25.2 Å². The highest BCUT2D eigenvalue weighted by atomic mass is 32.3. The van der Waals surface area contributed by atoms with Crippen LogP contribution in [0.1, 0.15) is 31.2 Å². The van der Waals surface area contributed by atoms with Gasteiger partial charge in [0.05, 0.1) is 18.3 Å². The predicted molar refractivity (Wildman–Crippen MR) is 88.5 cm³/mol. The van der Waals surface area contributed by atoms with Gasteiger partial charge in [0.25, 0.3) is 0 Å². The second-order valence-electron chi connectivity index (χ2n) is 6.18. The first-order valence-electron chi connectivity index (χ1n) is 8.16. The van der Waals surface area contributed by atoms with E-state index in [9.17, 15) is 23.7 Å². The van der Waals surface area contributed by atoms with Crippen LogP contribution in [0.2, 0.25) is 0 Å². The predicted octanol–water partition coefficient (Wildman–Crippen LogP) is 0.804. The Morgan fingerprint density at radius 2 is 1.84 bits per heavy atom. The highest BCUT2D eigenvalue weighted by Crippen LogP contribution is 2.26. The van der Waals surface area contributed by atoms with Gasteiger partial charge in [0.1, 0.15) is 11.9 Å². The number of benzene rings is 1. The van der Waals surface area contributed by atoms with Gasteiger partial charge in [0.15, 0.2) is 0 Å². The van der Waals surface area contributed by atoms with Crippen molar-refractivity contribution in [1.29, 1.82) is 0 Å². The molecule has 9 heteroatoms. The molecule has 4 N–H and O–H groups in total. The minimum Gasteiger partial charge on any atom is -0.508 e. The molecule has 8 nitrogen and oxygen atoms in total. The summed E-state index contributed by atoms with van der Waals surface area (Å²) in [6, 6.07) is 7.04. The normalized spacial score (nSPS) is 27.3.